The van der Waals surface area contributed by atoms with E-state index >= 15 is 0 Å². The van der Waals surface area contributed by atoms with Gasteiger partial charge in [-0.05, 0) is 54.8 Å². The van der Waals surface area contributed by atoms with Crippen LogP contribution >= 0.6 is 11.6 Å². The molecule has 108 valence electrons. The van der Waals surface area contributed by atoms with E-state index in [0.29, 0.717) is 0 Å². The number of benzene rings is 2. The number of carbonyl (C=O) groups excluding carboxylic acids is 1. The number of halogens is 1. The van der Waals surface area contributed by atoms with Crippen LogP contribution in [0, 0.1) is 6.92 Å². The molecule has 1 amide bonds. The second-order valence-corrected chi connectivity index (χ2v) is 5.76. The molecule has 1 heterocycles. The molecule has 0 saturated carbocycles. The van der Waals surface area contributed by atoms with Crippen molar-refractivity contribution in [2.24, 2.45) is 0 Å². The van der Waals surface area contributed by atoms with E-state index in [9.17, 15) is 4.79 Å². The van der Waals surface area contributed by atoms with Crippen molar-refractivity contribution in [3.05, 3.63) is 52.5 Å². The van der Waals surface area contributed by atoms with Crippen molar-refractivity contribution in [2.45, 2.75) is 20.3 Å². The van der Waals surface area contributed by atoms with Gasteiger partial charge in [-0.25, -0.2) is 0 Å². The Kier molecular flexibility index (Phi) is 3.60. The first kappa shape index (κ1) is 14.0. The minimum absolute atomic E-state index is 0.0970. The molecule has 0 fully saturated rings. The minimum atomic E-state index is 0.0970. The Morgan fingerprint density at radius 3 is 2.62 bits per heavy atom. The zero-order valence-electron chi connectivity index (χ0n) is 12.1. The van der Waals surface area contributed by atoms with Crippen molar-refractivity contribution < 1.29 is 4.79 Å². The number of hydrogen-bond donors (Lipinski definition) is 1. The summed E-state index contributed by atoms with van der Waals surface area (Å²) in [6, 6.07) is 12.0. The predicted octanol–water partition coefficient (Wildman–Crippen LogP) is 4.30. The number of nitrogens with one attached hydrogen (secondary N) is 1. The van der Waals surface area contributed by atoms with Crippen LogP contribution in [0.3, 0.4) is 0 Å². The first-order chi connectivity index (χ1) is 10.0. The molecule has 0 aliphatic carbocycles. The normalized spacial score (nSPS) is 13.2. The molecule has 2 aromatic rings. The van der Waals surface area contributed by atoms with Crippen LogP contribution in [0.15, 0.2) is 36.4 Å². The maximum atomic E-state index is 11.5. The van der Waals surface area contributed by atoms with Crippen molar-refractivity contribution in [3.8, 4) is 0 Å². The third-order valence-electron chi connectivity index (χ3n) is 3.82. The average Bonchev–Trinajstić information content (AvgIpc) is 2.86. The molecule has 3 rings (SSSR count). The van der Waals surface area contributed by atoms with Gasteiger partial charge in [0.15, 0.2) is 0 Å². The van der Waals surface area contributed by atoms with Crippen LogP contribution < -0.4 is 10.2 Å². The topological polar surface area (TPSA) is 32.3 Å². The molecule has 0 bridgehead atoms. The van der Waals surface area contributed by atoms with Crippen LogP contribution in [-0.4, -0.2) is 12.5 Å². The Balaban J connectivity index is 1.85. The van der Waals surface area contributed by atoms with Gasteiger partial charge in [0.05, 0.1) is 0 Å². The zero-order chi connectivity index (χ0) is 15.0. The van der Waals surface area contributed by atoms with E-state index in [4.69, 9.17) is 11.6 Å². The van der Waals surface area contributed by atoms with Crippen LogP contribution in [0.4, 0.5) is 17.1 Å². The Morgan fingerprint density at radius 2 is 1.90 bits per heavy atom. The molecule has 1 N–H and O–H groups in total. The van der Waals surface area contributed by atoms with E-state index in [0.717, 1.165) is 40.6 Å². The molecule has 0 atom stereocenters. The predicted molar refractivity (Wildman–Crippen MR) is 87.6 cm³/mol. The zero-order valence-corrected chi connectivity index (χ0v) is 12.9. The Labute approximate surface area is 129 Å². The molecular weight excluding hydrogens is 284 g/mol. The smallest absolute Gasteiger partial charge is 0.223 e. The number of fused-ring (bicyclic) bond motifs is 1. The number of rotatable bonds is 2. The van der Waals surface area contributed by atoms with Gasteiger partial charge >= 0.3 is 0 Å². The molecule has 0 aromatic heterocycles. The lowest BCUT2D eigenvalue weighted by Crippen LogP contribution is -2.25. The molecule has 2 aromatic carbocycles. The fraction of sp³-hybridized carbons (Fsp3) is 0.235. The standard InChI is InChI=1S/C17H17ClN2O/c1-11-3-4-15(10-16(11)18)19-14-5-6-17-13(9-14)7-8-20(17)12(2)21/h3-6,9-10,19H,7-8H2,1-2H3. The molecule has 0 saturated heterocycles. The molecule has 1 aliphatic heterocycles. The highest BCUT2D eigenvalue weighted by Gasteiger charge is 2.22. The van der Waals surface area contributed by atoms with Crippen molar-refractivity contribution in [1.82, 2.24) is 0 Å². The molecule has 4 heteroatoms. The quantitative estimate of drug-likeness (QED) is 0.897. The number of amides is 1. The van der Waals surface area contributed by atoms with Crippen molar-refractivity contribution >= 4 is 34.6 Å². The van der Waals surface area contributed by atoms with Gasteiger partial charge in [0.2, 0.25) is 5.91 Å². The molecule has 0 spiro atoms. The van der Waals surface area contributed by atoms with Gasteiger partial charge in [0.1, 0.15) is 0 Å². The van der Waals surface area contributed by atoms with Gasteiger partial charge in [0, 0.05) is 35.6 Å². The molecular formula is C17H17ClN2O. The van der Waals surface area contributed by atoms with E-state index < -0.39 is 0 Å². The first-order valence-electron chi connectivity index (χ1n) is 6.99. The molecule has 3 nitrogen and oxygen atoms in total. The van der Waals surface area contributed by atoms with Crippen molar-refractivity contribution in [2.75, 3.05) is 16.8 Å². The lowest BCUT2D eigenvalue weighted by Gasteiger charge is -2.15. The van der Waals surface area contributed by atoms with Gasteiger partial charge in [-0.15, -0.1) is 0 Å². The summed E-state index contributed by atoms with van der Waals surface area (Å²) in [4.78, 5) is 13.4. The number of hydrogen-bond acceptors (Lipinski definition) is 2. The van der Waals surface area contributed by atoms with Crippen LogP contribution in [0.2, 0.25) is 5.02 Å². The number of nitrogens with zero attached hydrogens (tertiary/aromatic N) is 1. The summed E-state index contributed by atoms with van der Waals surface area (Å²) in [5.41, 5.74) is 5.27. The van der Waals surface area contributed by atoms with E-state index in [2.05, 4.69) is 11.4 Å². The third-order valence-corrected chi connectivity index (χ3v) is 4.22. The Hall–Kier alpha value is -2.00. The van der Waals surface area contributed by atoms with Crippen molar-refractivity contribution in [1.29, 1.82) is 0 Å². The van der Waals surface area contributed by atoms with E-state index in [1.165, 1.54) is 5.56 Å². The summed E-state index contributed by atoms with van der Waals surface area (Å²) >= 11 is 6.14. The lowest BCUT2D eigenvalue weighted by molar-refractivity contribution is -0.116. The third kappa shape index (κ3) is 2.74. The highest BCUT2D eigenvalue weighted by molar-refractivity contribution is 6.31. The van der Waals surface area contributed by atoms with E-state index in [-0.39, 0.29) is 5.91 Å². The van der Waals surface area contributed by atoms with Crippen LogP contribution in [0.25, 0.3) is 0 Å². The van der Waals surface area contributed by atoms with E-state index in [1.807, 2.05) is 42.2 Å². The lowest BCUT2D eigenvalue weighted by atomic mass is 10.1. The SMILES string of the molecule is CC(=O)N1CCc2cc(Nc3ccc(C)c(Cl)c3)ccc21. The number of carbonyl (C=O) groups is 1. The summed E-state index contributed by atoms with van der Waals surface area (Å²) in [6.45, 7) is 4.36. The highest BCUT2D eigenvalue weighted by atomic mass is 35.5. The van der Waals surface area contributed by atoms with Crippen LogP contribution in [0.5, 0.6) is 0 Å². The fourth-order valence-electron chi connectivity index (χ4n) is 2.64. The molecule has 21 heavy (non-hydrogen) atoms. The maximum absolute atomic E-state index is 11.5. The minimum Gasteiger partial charge on any atom is -0.355 e. The highest BCUT2D eigenvalue weighted by Crippen LogP contribution is 2.32. The second kappa shape index (κ2) is 5.41. The van der Waals surface area contributed by atoms with E-state index in [1.54, 1.807) is 6.92 Å². The summed E-state index contributed by atoms with van der Waals surface area (Å²) in [5.74, 6) is 0.0970. The van der Waals surface area contributed by atoms with Crippen LogP contribution in [0.1, 0.15) is 18.1 Å². The average molecular weight is 301 g/mol. The largest absolute Gasteiger partial charge is 0.355 e. The van der Waals surface area contributed by atoms with Gasteiger partial charge in [-0.1, -0.05) is 17.7 Å². The van der Waals surface area contributed by atoms with Gasteiger partial charge in [0.25, 0.3) is 0 Å². The summed E-state index contributed by atoms with van der Waals surface area (Å²) in [5, 5.41) is 4.11. The Bertz CT molecular complexity index is 712. The van der Waals surface area contributed by atoms with Crippen LogP contribution in [-0.2, 0) is 11.2 Å². The van der Waals surface area contributed by atoms with Gasteiger partial charge in [-0.3, -0.25) is 4.79 Å². The summed E-state index contributed by atoms with van der Waals surface area (Å²) in [6.07, 6.45) is 0.902. The van der Waals surface area contributed by atoms with Gasteiger partial charge < -0.3 is 10.2 Å². The number of aryl methyl sites for hydroxylation is 1. The first-order valence-corrected chi connectivity index (χ1v) is 7.36. The Morgan fingerprint density at radius 1 is 1.19 bits per heavy atom. The van der Waals surface area contributed by atoms with Gasteiger partial charge in [-0.2, -0.15) is 0 Å². The fourth-order valence-corrected chi connectivity index (χ4v) is 2.82. The van der Waals surface area contributed by atoms with Crippen molar-refractivity contribution in [3.63, 3.8) is 0 Å². The monoisotopic (exact) mass is 300 g/mol. The summed E-state index contributed by atoms with van der Waals surface area (Å²) < 4.78 is 0. The number of anilines is 3. The summed E-state index contributed by atoms with van der Waals surface area (Å²) in [7, 11) is 0. The molecule has 1 aliphatic rings. The second-order valence-electron chi connectivity index (χ2n) is 5.35. The maximum Gasteiger partial charge on any atom is 0.223 e. The molecule has 0 unspecified atom stereocenters. The molecule has 0 radical (unpaired) electrons.